The molecule has 1 N–H and O–H groups in total. The Bertz CT molecular complexity index is 347. The normalized spacial score (nSPS) is 11.8. The molecule has 0 aliphatic carbocycles. The van der Waals surface area contributed by atoms with Gasteiger partial charge in [-0.25, -0.2) is 0 Å². The predicted octanol–water partition coefficient (Wildman–Crippen LogP) is 3.88. The molecule has 0 spiro atoms. The van der Waals surface area contributed by atoms with Gasteiger partial charge in [0.15, 0.2) is 0 Å². The summed E-state index contributed by atoms with van der Waals surface area (Å²) in [5.41, 5.74) is 1.44. The van der Waals surface area contributed by atoms with Gasteiger partial charge in [0.05, 0.1) is 13.2 Å². The van der Waals surface area contributed by atoms with E-state index in [2.05, 4.69) is 26.1 Å². The van der Waals surface area contributed by atoms with Crippen LogP contribution in [0, 0.1) is 5.41 Å². The smallest absolute Gasteiger partial charge is 0.0731 e. The van der Waals surface area contributed by atoms with Crippen molar-refractivity contribution in [1.82, 2.24) is 5.32 Å². The molecule has 0 fully saturated rings. The first-order valence-electron chi connectivity index (χ1n) is 6.51. The maximum absolute atomic E-state index is 6.04. The van der Waals surface area contributed by atoms with Crippen LogP contribution < -0.4 is 5.32 Å². The molecule has 1 rings (SSSR count). The molecule has 102 valence electrons. The Morgan fingerprint density at radius 3 is 2.56 bits per heavy atom. The van der Waals surface area contributed by atoms with E-state index in [0.717, 1.165) is 30.3 Å². The van der Waals surface area contributed by atoms with Gasteiger partial charge in [-0.05, 0) is 30.0 Å². The molecule has 0 saturated heterocycles. The second kappa shape index (κ2) is 7.78. The highest BCUT2D eigenvalue weighted by Gasteiger charge is 2.08. The lowest BCUT2D eigenvalue weighted by atomic mass is 9.92. The number of halogens is 1. The van der Waals surface area contributed by atoms with Crippen LogP contribution in [0.1, 0.15) is 32.8 Å². The van der Waals surface area contributed by atoms with Crippen LogP contribution in [0.2, 0.25) is 5.02 Å². The third kappa shape index (κ3) is 7.00. The van der Waals surface area contributed by atoms with Gasteiger partial charge in [-0.3, -0.25) is 0 Å². The molecule has 0 atom stereocenters. The largest absolute Gasteiger partial charge is 0.375 e. The maximum atomic E-state index is 6.04. The fourth-order valence-corrected chi connectivity index (χ4v) is 1.72. The number of rotatable bonds is 7. The second-order valence-electron chi connectivity index (χ2n) is 5.70. The van der Waals surface area contributed by atoms with E-state index in [1.54, 1.807) is 0 Å². The quantitative estimate of drug-likeness (QED) is 0.759. The molecule has 18 heavy (non-hydrogen) atoms. The van der Waals surface area contributed by atoms with Gasteiger partial charge in [-0.15, -0.1) is 0 Å². The highest BCUT2D eigenvalue weighted by atomic mass is 35.5. The van der Waals surface area contributed by atoms with E-state index in [4.69, 9.17) is 16.3 Å². The van der Waals surface area contributed by atoms with Gasteiger partial charge < -0.3 is 10.1 Å². The summed E-state index contributed by atoms with van der Waals surface area (Å²) >= 11 is 6.04. The average molecular weight is 270 g/mol. The zero-order valence-electron chi connectivity index (χ0n) is 11.6. The summed E-state index contributed by atoms with van der Waals surface area (Å²) in [5, 5.41) is 4.16. The summed E-state index contributed by atoms with van der Waals surface area (Å²) in [4.78, 5) is 0. The number of ether oxygens (including phenoxy) is 1. The molecule has 1 aromatic carbocycles. The first-order valence-corrected chi connectivity index (χ1v) is 6.89. The Morgan fingerprint density at radius 1 is 1.17 bits per heavy atom. The van der Waals surface area contributed by atoms with Crippen LogP contribution in [0.4, 0.5) is 0 Å². The van der Waals surface area contributed by atoms with Gasteiger partial charge in [0.2, 0.25) is 0 Å². The van der Waals surface area contributed by atoms with Crippen molar-refractivity contribution in [2.45, 2.75) is 33.8 Å². The predicted molar refractivity (Wildman–Crippen MR) is 78.0 cm³/mol. The van der Waals surface area contributed by atoms with E-state index in [-0.39, 0.29) is 0 Å². The second-order valence-corrected chi connectivity index (χ2v) is 6.11. The minimum atomic E-state index is 0.394. The van der Waals surface area contributed by atoms with Crippen molar-refractivity contribution < 1.29 is 4.74 Å². The van der Waals surface area contributed by atoms with Crippen molar-refractivity contribution >= 4 is 11.6 Å². The van der Waals surface area contributed by atoms with Crippen LogP contribution in [0.25, 0.3) is 0 Å². The molecule has 3 heteroatoms. The van der Waals surface area contributed by atoms with Gasteiger partial charge in [-0.1, -0.05) is 50.6 Å². The molecule has 0 saturated carbocycles. The third-order valence-electron chi connectivity index (χ3n) is 2.69. The molecule has 1 aromatic rings. The van der Waals surface area contributed by atoms with Crippen molar-refractivity contribution in [1.29, 1.82) is 0 Å². The Balaban J connectivity index is 2.04. The Hall–Kier alpha value is -0.570. The molecule has 0 bridgehead atoms. The first-order chi connectivity index (χ1) is 8.49. The number of nitrogens with one attached hydrogen (secondary N) is 1. The summed E-state index contributed by atoms with van der Waals surface area (Å²) in [7, 11) is 0. The summed E-state index contributed by atoms with van der Waals surface area (Å²) in [5.74, 6) is 0. The minimum absolute atomic E-state index is 0.394. The first kappa shape index (κ1) is 15.5. The molecule has 2 nitrogen and oxygen atoms in total. The van der Waals surface area contributed by atoms with Crippen LogP contribution in [0.3, 0.4) is 0 Å². The lowest BCUT2D eigenvalue weighted by molar-refractivity contribution is 0.122. The molecule has 0 aromatic heterocycles. The zero-order valence-corrected chi connectivity index (χ0v) is 12.4. The zero-order chi connectivity index (χ0) is 13.4. The maximum Gasteiger partial charge on any atom is 0.0731 e. The summed E-state index contributed by atoms with van der Waals surface area (Å²) in [6.45, 7) is 9.99. The standard InChI is InChI=1S/C15H24ClNO/c1-15(2,3)8-9-17-10-11-18-12-13-6-4-5-7-14(13)16/h4-7,17H,8-12H2,1-3H3. The fraction of sp³-hybridized carbons (Fsp3) is 0.600. The minimum Gasteiger partial charge on any atom is -0.375 e. The highest BCUT2D eigenvalue weighted by molar-refractivity contribution is 6.31. The lowest BCUT2D eigenvalue weighted by Crippen LogP contribution is -2.24. The van der Waals surface area contributed by atoms with E-state index >= 15 is 0 Å². The average Bonchev–Trinajstić information content (AvgIpc) is 2.28. The van der Waals surface area contributed by atoms with Crippen molar-refractivity contribution in [3.8, 4) is 0 Å². The molecule has 0 heterocycles. The number of hydrogen-bond acceptors (Lipinski definition) is 2. The molecule has 0 aliphatic heterocycles. The number of benzene rings is 1. The molecule has 0 amide bonds. The monoisotopic (exact) mass is 269 g/mol. The van der Waals surface area contributed by atoms with Crippen LogP contribution >= 0.6 is 11.6 Å². The van der Waals surface area contributed by atoms with E-state index in [1.165, 1.54) is 6.42 Å². The SMILES string of the molecule is CC(C)(C)CCNCCOCc1ccccc1Cl. The molecule has 0 unspecified atom stereocenters. The molecular weight excluding hydrogens is 246 g/mol. The Kier molecular flexibility index (Phi) is 6.69. The molecule has 0 radical (unpaired) electrons. The van der Waals surface area contributed by atoms with E-state index < -0.39 is 0 Å². The van der Waals surface area contributed by atoms with Crippen molar-refractivity contribution in [2.75, 3.05) is 19.7 Å². The highest BCUT2D eigenvalue weighted by Crippen LogP contribution is 2.17. The summed E-state index contributed by atoms with van der Waals surface area (Å²) in [6.07, 6.45) is 1.18. The molecule has 0 aliphatic rings. The van der Waals surface area contributed by atoms with Gasteiger partial charge in [0.25, 0.3) is 0 Å². The summed E-state index contributed by atoms with van der Waals surface area (Å²) < 4.78 is 5.59. The Labute approximate surface area is 116 Å². The van der Waals surface area contributed by atoms with Gasteiger partial charge >= 0.3 is 0 Å². The third-order valence-corrected chi connectivity index (χ3v) is 3.06. The number of hydrogen-bond donors (Lipinski definition) is 1. The fourth-order valence-electron chi connectivity index (χ4n) is 1.53. The molecular formula is C15H24ClNO. The van der Waals surface area contributed by atoms with Crippen LogP contribution in [-0.2, 0) is 11.3 Å². The van der Waals surface area contributed by atoms with Crippen molar-refractivity contribution in [2.24, 2.45) is 5.41 Å². The van der Waals surface area contributed by atoms with E-state index in [0.29, 0.717) is 12.0 Å². The topological polar surface area (TPSA) is 21.3 Å². The van der Waals surface area contributed by atoms with Crippen LogP contribution in [-0.4, -0.2) is 19.7 Å². The van der Waals surface area contributed by atoms with Crippen LogP contribution in [0.5, 0.6) is 0 Å². The van der Waals surface area contributed by atoms with Gasteiger partial charge in [0, 0.05) is 11.6 Å². The van der Waals surface area contributed by atoms with E-state index in [9.17, 15) is 0 Å². The van der Waals surface area contributed by atoms with Crippen molar-refractivity contribution in [3.05, 3.63) is 34.9 Å². The summed E-state index contributed by atoms with van der Waals surface area (Å²) in [6, 6.07) is 7.79. The van der Waals surface area contributed by atoms with Crippen molar-refractivity contribution in [3.63, 3.8) is 0 Å². The van der Waals surface area contributed by atoms with E-state index in [1.807, 2.05) is 24.3 Å². The van der Waals surface area contributed by atoms with Gasteiger partial charge in [-0.2, -0.15) is 0 Å². The van der Waals surface area contributed by atoms with Crippen LogP contribution in [0.15, 0.2) is 24.3 Å². The lowest BCUT2D eigenvalue weighted by Gasteiger charge is -2.18. The van der Waals surface area contributed by atoms with Gasteiger partial charge in [0.1, 0.15) is 0 Å². The Morgan fingerprint density at radius 2 is 1.89 bits per heavy atom.